The summed E-state index contributed by atoms with van der Waals surface area (Å²) in [6, 6.07) is 18.1. The lowest BCUT2D eigenvalue weighted by Gasteiger charge is -2.26. The molecule has 0 amide bonds. The lowest BCUT2D eigenvalue weighted by Crippen LogP contribution is -2.10. The van der Waals surface area contributed by atoms with Gasteiger partial charge in [0.15, 0.2) is 0 Å². The molecular formula is C19H22. The van der Waals surface area contributed by atoms with Gasteiger partial charge in [0.1, 0.15) is 0 Å². The van der Waals surface area contributed by atoms with Crippen molar-refractivity contribution in [2.45, 2.75) is 44.9 Å². The number of rotatable bonds is 2. The molecule has 19 heavy (non-hydrogen) atoms. The van der Waals surface area contributed by atoms with E-state index in [1.165, 1.54) is 24.0 Å². The van der Waals surface area contributed by atoms with Crippen LogP contribution in [0, 0.1) is 0 Å². The minimum absolute atomic E-state index is 0.671. The molecule has 0 spiro atoms. The summed E-state index contributed by atoms with van der Waals surface area (Å²) in [6.45, 7) is 4.66. The van der Waals surface area contributed by atoms with Gasteiger partial charge in [-0.15, -0.1) is 0 Å². The quantitative estimate of drug-likeness (QED) is 0.680. The molecule has 0 heterocycles. The predicted octanol–water partition coefficient (Wildman–Crippen LogP) is 5.28. The van der Waals surface area contributed by atoms with Crippen LogP contribution in [0.5, 0.6) is 0 Å². The van der Waals surface area contributed by atoms with E-state index in [0.29, 0.717) is 11.8 Å². The largest absolute Gasteiger partial charge is 0.0648 e. The Kier molecular flexibility index (Phi) is 3.42. The average Bonchev–Trinajstić information content (AvgIpc) is 2.60. The Morgan fingerprint density at radius 2 is 1.16 bits per heavy atom. The van der Waals surface area contributed by atoms with Crippen LogP contribution in [-0.2, 0) is 6.42 Å². The van der Waals surface area contributed by atoms with Crippen LogP contribution >= 0.6 is 0 Å². The lowest BCUT2D eigenvalue weighted by molar-refractivity contribution is 0.511. The van der Waals surface area contributed by atoms with Gasteiger partial charge in [-0.2, -0.15) is 0 Å². The van der Waals surface area contributed by atoms with Gasteiger partial charge in [-0.05, 0) is 53.4 Å². The summed E-state index contributed by atoms with van der Waals surface area (Å²) in [4.78, 5) is 0. The third-order valence-corrected chi connectivity index (χ3v) is 4.66. The van der Waals surface area contributed by atoms with E-state index >= 15 is 0 Å². The molecule has 0 N–H and O–H groups in total. The van der Waals surface area contributed by atoms with Gasteiger partial charge in [-0.1, -0.05) is 62.4 Å². The molecule has 2 aromatic rings. The SMILES string of the molecule is CC[C@H]1c2ccccc2Cc2ccccc2[C@@H]1CC. The van der Waals surface area contributed by atoms with Gasteiger partial charge in [0.05, 0.1) is 0 Å². The highest BCUT2D eigenvalue weighted by Gasteiger charge is 2.28. The van der Waals surface area contributed by atoms with Crippen molar-refractivity contribution in [3.8, 4) is 0 Å². The molecule has 1 aliphatic rings. The van der Waals surface area contributed by atoms with Crippen LogP contribution in [0.1, 0.15) is 60.8 Å². The molecule has 3 rings (SSSR count). The van der Waals surface area contributed by atoms with Crippen molar-refractivity contribution in [3.05, 3.63) is 70.8 Å². The standard InChI is InChI=1S/C19H22/c1-3-16-17(4-2)19-12-8-6-10-15(19)13-14-9-5-7-11-18(14)16/h5-12,16-17H,3-4,13H2,1-2H3/t16-,17-/m1/s1. The van der Waals surface area contributed by atoms with Gasteiger partial charge in [0, 0.05) is 0 Å². The highest BCUT2D eigenvalue weighted by Crippen LogP contribution is 2.43. The summed E-state index contributed by atoms with van der Waals surface area (Å²) >= 11 is 0. The Morgan fingerprint density at radius 1 is 0.737 bits per heavy atom. The average molecular weight is 250 g/mol. The molecule has 0 aliphatic heterocycles. The van der Waals surface area contributed by atoms with Gasteiger partial charge >= 0.3 is 0 Å². The van der Waals surface area contributed by atoms with Crippen molar-refractivity contribution < 1.29 is 0 Å². The zero-order valence-electron chi connectivity index (χ0n) is 11.9. The first-order valence-corrected chi connectivity index (χ1v) is 7.50. The van der Waals surface area contributed by atoms with Crippen LogP contribution in [0.2, 0.25) is 0 Å². The van der Waals surface area contributed by atoms with Crippen LogP contribution in [0.15, 0.2) is 48.5 Å². The van der Waals surface area contributed by atoms with Crippen molar-refractivity contribution >= 4 is 0 Å². The van der Waals surface area contributed by atoms with Crippen molar-refractivity contribution in [1.82, 2.24) is 0 Å². The Labute approximate surface area is 116 Å². The molecule has 0 radical (unpaired) electrons. The molecule has 0 saturated heterocycles. The van der Waals surface area contributed by atoms with Gasteiger partial charge < -0.3 is 0 Å². The Balaban J connectivity index is 2.20. The van der Waals surface area contributed by atoms with Crippen LogP contribution in [-0.4, -0.2) is 0 Å². The second-order valence-corrected chi connectivity index (χ2v) is 5.60. The number of fused-ring (bicyclic) bond motifs is 2. The number of hydrogen-bond donors (Lipinski definition) is 0. The molecule has 2 atom stereocenters. The fourth-order valence-corrected chi connectivity index (χ4v) is 3.76. The van der Waals surface area contributed by atoms with E-state index < -0.39 is 0 Å². The van der Waals surface area contributed by atoms with E-state index in [9.17, 15) is 0 Å². The normalized spacial score (nSPS) is 21.4. The molecule has 0 fully saturated rings. The van der Waals surface area contributed by atoms with E-state index in [2.05, 4.69) is 62.4 Å². The zero-order valence-corrected chi connectivity index (χ0v) is 11.9. The summed E-state index contributed by atoms with van der Waals surface area (Å²) in [5.41, 5.74) is 6.21. The second-order valence-electron chi connectivity index (χ2n) is 5.60. The van der Waals surface area contributed by atoms with E-state index in [4.69, 9.17) is 0 Å². The third-order valence-electron chi connectivity index (χ3n) is 4.66. The first-order valence-electron chi connectivity index (χ1n) is 7.50. The topological polar surface area (TPSA) is 0 Å². The fourth-order valence-electron chi connectivity index (χ4n) is 3.76. The van der Waals surface area contributed by atoms with Gasteiger partial charge in [0.2, 0.25) is 0 Å². The van der Waals surface area contributed by atoms with Crippen molar-refractivity contribution in [3.63, 3.8) is 0 Å². The summed E-state index contributed by atoms with van der Waals surface area (Å²) in [5, 5.41) is 0. The monoisotopic (exact) mass is 250 g/mol. The molecule has 0 bridgehead atoms. The summed E-state index contributed by atoms with van der Waals surface area (Å²) in [7, 11) is 0. The third kappa shape index (κ3) is 2.10. The van der Waals surface area contributed by atoms with Crippen LogP contribution in [0.4, 0.5) is 0 Å². The van der Waals surface area contributed by atoms with E-state index in [-0.39, 0.29) is 0 Å². The van der Waals surface area contributed by atoms with Crippen LogP contribution in [0.25, 0.3) is 0 Å². The van der Waals surface area contributed by atoms with Crippen LogP contribution in [0.3, 0.4) is 0 Å². The molecule has 1 aliphatic carbocycles. The molecule has 0 unspecified atom stereocenters. The smallest absolute Gasteiger partial charge is 0.00201 e. The minimum atomic E-state index is 0.671. The van der Waals surface area contributed by atoms with E-state index in [0.717, 1.165) is 6.42 Å². The molecule has 0 saturated carbocycles. The Hall–Kier alpha value is -1.56. The highest BCUT2D eigenvalue weighted by molar-refractivity contribution is 5.45. The first kappa shape index (κ1) is 12.5. The summed E-state index contributed by atoms with van der Waals surface area (Å²) in [6.07, 6.45) is 3.55. The minimum Gasteiger partial charge on any atom is -0.0648 e. The molecule has 0 aromatic heterocycles. The maximum Gasteiger partial charge on any atom is -0.00201 e. The molecule has 2 aromatic carbocycles. The van der Waals surface area contributed by atoms with E-state index in [1.54, 1.807) is 11.1 Å². The van der Waals surface area contributed by atoms with Crippen LogP contribution < -0.4 is 0 Å². The van der Waals surface area contributed by atoms with Crippen molar-refractivity contribution in [1.29, 1.82) is 0 Å². The molecular weight excluding hydrogens is 228 g/mol. The lowest BCUT2D eigenvalue weighted by atomic mass is 9.78. The fraction of sp³-hybridized carbons (Fsp3) is 0.368. The highest BCUT2D eigenvalue weighted by atomic mass is 14.3. The molecule has 0 nitrogen and oxygen atoms in total. The van der Waals surface area contributed by atoms with Gasteiger partial charge in [-0.3, -0.25) is 0 Å². The Bertz CT molecular complexity index is 516. The first-order chi connectivity index (χ1) is 9.35. The van der Waals surface area contributed by atoms with Gasteiger partial charge in [-0.25, -0.2) is 0 Å². The number of hydrogen-bond acceptors (Lipinski definition) is 0. The zero-order chi connectivity index (χ0) is 13.2. The maximum absolute atomic E-state index is 2.35. The number of benzene rings is 2. The maximum atomic E-state index is 2.35. The second kappa shape index (κ2) is 5.21. The summed E-state index contributed by atoms with van der Waals surface area (Å²) < 4.78 is 0. The van der Waals surface area contributed by atoms with Crippen molar-refractivity contribution in [2.75, 3.05) is 0 Å². The van der Waals surface area contributed by atoms with Gasteiger partial charge in [0.25, 0.3) is 0 Å². The molecule has 98 valence electrons. The van der Waals surface area contributed by atoms with Crippen molar-refractivity contribution in [2.24, 2.45) is 0 Å². The summed E-state index contributed by atoms with van der Waals surface area (Å²) in [5.74, 6) is 1.34. The van der Waals surface area contributed by atoms with E-state index in [1.807, 2.05) is 0 Å². The Morgan fingerprint density at radius 3 is 1.58 bits per heavy atom. The predicted molar refractivity (Wildman–Crippen MR) is 81.8 cm³/mol. The molecule has 0 heteroatoms.